The smallest absolute Gasteiger partial charge is 0.184 e. The van der Waals surface area contributed by atoms with Gasteiger partial charge in [0, 0.05) is 11.3 Å². The molecule has 0 aliphatic heterocycles. The zero-order chi connectivity index (χ0) is 12.3. The third-order valence-corrected chi connectivity index (χ3v) is 4.82. The summed E-state index contributed by atoms with van der Waals surface area (Å²) in [4.78, 5) is 4.52. The first-order valence-corrected chi connectivity index (χ1v) is 7.60. The number of fused-ring (bicyclic) bond motifs is 1. The molecule has 0 amide bonds. The fourth-order valence-electron chi connectivity index (χ4n) is 1.66. The highest BCUT2D eigenvalue weighted by Gasteiger charge is 2.16. The number of benzene rings is 1. The summed E-state index contributed by atoms with van der Waals surface area (Å²) < 4.78 is 1.19. The molecule has 0 radical (unpaired) electrons. The molecular weight excluding hydrogens is 252 g/mol. The van der Waals surface area contributed by atoms with Gasteiger partial charge < -0.3 is 10.4 Å². The molecule has 2 atom stereocenters. The summed E-state index contributed by atoms with van der Waals surface area (Å²) in [7, 11) is 0. The van der Waals surface area contributed by atoms with Crippen LogP contribution >= 0.6 is 23.1 Å². The molecule has 2 aromatic rings. The van der Waals surface area contributed by atoms with Crippen LogP contribution in [-0.4, -0.2) is 34.2 Å². The zero-order valence-corrected chi connectivity index (χ0v) is 11.5. The first kappa shape index (κ1) is 12.7. The van der Waals surface area contributed by atoms with Gasteiger partial charge in [-0.1, -0.05) is 23.5 Å². The number of hydrogen-bond acceptors (Lipinski definition) is 5. The maximum Gasteiger partial charge on any atom is 0.184 e. The van der Waals surface area contributed by atoms with Crippen molar-refractivity contribution in [1.82, 2.24) is 4.98 Å². The van der Waals surface area contributed by atoms with Crippen molar-refractivity contribution >= 4 is 38.4 Å². The van der Waals surface area contributed by atoms with Gasteiger partial charge in [-0.3, -0.25) is 0 Å². The predicted molar refractivity (Wildman–Crippen MR) is 77.1 cm³/mol. The summed E-state index contributed by atoms with van der Waals surface area (Å²) in [5.74, 6) is 0. The van der Waals surface area contributed by atoms with Gasteiger partial charge in [0.1, 0.15) is 0 Å². The number of rotatable bonds is 5. The number of hydrogen-bond donors (Lipinski definition) is 2. The molecule has 0 saturated heterocycles. The number of thiazole rings is 1. The molecule has 2 unspecified atom stereocenters. The summed E-state index contributed by atoms with van der Waals surface area (Å²) in [6.07, 6.45) is 2.01. The van der Waals surface area contributed by atoms with Crippen LogP contribution < -0.4 is 5.32 Å². The van der Waals surface area contributed by atoms with Gasteiger partial charge in [-0.05, 0) is 25.3 Å². The topological polar surface area (TPSA) is 45.1 Å². The third kappa shape index (κ3) is 2.91. The van der Waals surface area contributed by atoms with Gasteiger partial charge >= 0.3 is 0 Å². The maximum absolute atomic E-state index is 9.24. The van der Waals surface area contributed by atoms with Crippen LogP contribution in [0.25, 0.3) is 10.2 Å². The monoisotopic (exact) mass is 268 g/mol. The minimum atomic E-state index is 0.181. The van der Waals surface area contributed by atoms with Crippen LogP contribution in [0.3, 0.4) is 0 Å². The van der Waals surface area contributed by atoms with Gasteiger partial charge in [0.15, 0.2) is 5.13 Å². The average Bonchev–Trinajstić information content (AvgIpc) is 2.72. The van der Waals surface area contributed by atoms with Gasteiger partial charge in [0.25, 0.3) is 0 Å². The van der Waals surface area contributed by atoms with Crippen molar-refractivity contribution in [1.29, 1.82) is 0 Å². The molecule has 2 rings (SSSR count). The molecule has 3 nitrogen and oxygen atoms in total. The minimum absolute atomic E-state index is 0.181. The Morgan fingerprint density at radius 2 is 2.24 bits per heavy atom. The molecule has 1 aromatic carbocycles. The van der Waals surface area contributed by atoms with Crippen molar-refractivity contribution in [2.24, 2.45) is 0 Å². The van der Waals surface area contributed by atoms with Gasteiger partial charge in [-0.15, -0.1) is 0 Å². The first-order chi connectivity index (χ1) is 8.24. The largest absolute Gasteiger partial charge is 0.395 e. The standard InChI is InChI=1S/C12H16N2OS2/c1-8(11(7-15)16-2)13-12-14-9-5-3-4-6-10(9)17-12/h3-6,8,11,15H,7H2,1-2H3,(H,13,14). The Bertz CT molecular complexity index is 449. The van der Waals surface area contributed by atoms with Crippen molar-refractivity contribution in [3.05, 3.63) is 24.3 Å². The number of anilines is 1. The molecule has 0 aliphatic carbocycles. The van der Waals surface area contributed by atoms with Crippen LogP contribution in [0.15, 0.2) is 24.3 Å². The number of aliphatic hydroxyl groups is 1. The maximum atomic E-state index is 9.24. The molecular formula is C12H16N2OS2. The lowest BCUT2D eigenvalue weighted by molar-refractivity contribution is 0.288. The quantitative estimate of drug-likeness (QED) is 0.875. The molecule has 0 aliphatic rings. The Morgan fingerprint density at radius 1 is 1.47 bits per heavy atom. The molecule has 1 aromatic heterocycles. The average molecular weight is 268 g/mol. The van der Waals surface area contributed by atoms with E-state index in [0.717, 1.165) is 10.6 Å². The Balaban J connectivity index is 2.12. The lowest BCUT2D eigenvalue weighted by atomic mass is 10.2. The highest BCUT2D eigenvalue weighted by atomic mass is 32.2. The molecule has 17 heavy (non-hydrogen) atoms. The van der Waals surface area contributed by atoms with Crippen molar-refractivity contribution < 1.29 is 5.11 Å². The SMILES string of the molecule is CSC(CO)C(C)Nc1nc2ccccc2s1. The summed E-state index contributed by atoms with van der Waals surface area (Å²) >= 11 is 3.32. The lowest BCUT2D eigenvalue weighted by Crippen LogP contribution is -2.30. The van der Waals surface area contributed by atoms with Crippen LogP contribution in [0.4, 0.5) is 5.13 Å². The number of nitrogens with zero attached hydrogens (tertiary/aromatic N) is 1. The second-order valence-electron chi connectivity index (χ2n) is 3.88. The van der Waals surface area contributed by atoms with Crippen LogP contribution in [0.5, 0.6) is 0 Å². The number of aliphatic hydroxyl groups excluding tert-OH is 1. The first-order valence-electron chi connectivity index (χ1n) is 5.50. The Labute approximate surface area is 109 Å². The van der Waals surface area contributed by atoms with Crippen molar-refractivity contribution in [3.63, 3.8) is 0 Å². The molecule has 5 heteroatoms. The van der Waals surface area contributed by atoms with E-state index >= 15 is 0 Å². The Hall–Kier alpha value is -0.780. The van der Waals surface area contributed by atoms with Crippen LogP contribution in [0.2, 0.25) is 0 Å². The molecule has 0 fully saturated rings. The molecule has 92 valence electrons. The van der Waals surface area contributed by atoms with Crippen molar-refractivity contribution in [3.8, 4) is 0 Å². The van der Waals surface area contributed by atoms with Gasteiger partial charge in [0.05, 0.1) is 16.8 Å². The second kappa shape index (κ2) is 5.71. The summed E-state index contributed by atoms with van der Waals surface area (Å²) in [6.45, 7) is 2.25. The fourth-order valence-corrected chi connectivity index (χ4v) is 3.25. The summed E-state index contributed by atoms with van der Waals surface area (Å²) in [6, 6.07) is 8.30. The number of nitrogens with one attached hydrogen (secondary N) is 1. The van der Waals surface area contributed by atoms with Gasteiger partial charge in [-0.25, -0.2) is 4.98 Å². The van der Waals surface area contributed by atoms with E-state index in [-0.39, 0.29) is 17.9 Å². The predicted octanol–water partition coefficient (Wildman–Crippen LogP) is 2.82. The van der Waals surface area contributed by atoms with Gasteiger partial charge in [-0.2, -0.15) is 11.8 Å². The van der Waals surface area contributed by atoms with E-state index in [4.69, 9.17) is 0 Å². The third-order valence-electron chi connectivity index (χ3n) is 2.69. The van der Waals surface area contributed by atoms with E-state index in [2.05, 4.69) is 23.3 Å². The van der Waals surface area contributed by atoms with E-state index in [1.165, 1.54) is 4.70 Å². The zero-order valence-electron chi connectivity index (χ0n) is 9.88. The Kier molecular flexibility index (Phi) is 4.25. The van der Waals surface area contributed by atoms with E-state index in [1.807, 2.05) is 24.5 Å². The Morgan fingerprint density at radius 3 is 2.88 bits per heavy atom. The lowest BCUT2D eigenvalue weighted by Gasteiger charge is -2.20. The summed E-state index contributed by atoms with van der Waals surface area (Å²) in [5, 5.41) is 13.7. The van der Waals surface area contributed by atoms with E-state index in [1.54, 1.807) is 23.1 Å². The van der Waals surface area contributed by atoms with Crippen LogP contribution in [0.1, 0.15) is 6.92 Å². The molecule has 0 saturated carbocycles. The number of para-hydroxylation sites is 1. The normalized spacial score (nSPS) is 14.8. The molecule has 1 heterocycles. The minimum Gasteiger partial charge on any atom is -0.395 e. The van der Waals surface area contributed by atoms with E-state index in [0.29, 0.717) is 0 Å². The fraction of sp³-hybridized carbons (Fsp3) is 0.417. The number of aromatic nitrogens is 1. The molecule has 0 spiro atoms. The van der Waals surface area contributed by atoms with E-state index < -0.39 is 0 Å². The van der Waals surface area contributed by atoms with Gasteiger partial charge in [0.2, 0.25) is 0 Å². The molecule has 2 N–H and O–H groups in total. The summed E-state index contributed by atoms with van der Waals surface area (Å²) in [5.41, 5.74) is 1.02. The van der Waals surface area contributed by atoms with Crippen LogP contribution in [0, 0.1) is 0 Å². The van der Waals surface area contributed by atoms with Crippen molar-refractivity contribution in [2.75, 3.05) is 18.2 Å². The van der Waals surface area contributed by atoms with E-state index in [9.17, 15) is 5.11 Å². The second-order valence-corrected chi connectivity index (χ2v) is 5.98. The van der Waals surface area contributed by atoms with Crippen molar-refractivity contribution in [2.45, 2.75) is 18.2 Å². The highest BCUT2D eigenvalue weighted by molar-refractivity contribution is 7.99. The highest BCUT2D eigenvalue weighted by Crippen LogP contribution is 2.26. The van der Waals surface area contributed by atoms with Crippen LogP contribution in [-0.2, 0) is 0 Å². The number of thioether (sulfide) groups is 1. The molecule has 0 bridgehead atoms.